The average Bonchev–Trinajstić information content (AvgIpc) is 2.36. The van der Waals surface area contributed by atoms with Crippen molar-refractivity contribution in [2.75, 3.05) is 0 Å². The third-order valence-electron chi connectivity index (χ3n) is 2.61. The van der Waals surface area contributed by atoms with Gasteiger partial charge in [-0.3, -0.25) is 9.36 Å². The van der Waals surface area contributed by atoms with E-state index in [2.05, 4.69) is 15.0 Å². The molecule has 3 aromatic heterocycles. The highest BCUT2D eigenvalue weighted by atomic mass is 16.1. The molecule has 5 nitrogen and oxygen atoms in total. The predicted octanol–water partition coefficient (Wildman–Crippen LogP) is 0.877. The molecule has 0 aliphatic heterocycles. The Labute approximate surface area is 90.4 Å². The zero-order valence-corrected chi connectivity index (χ0v) is 8.58. The second-order valence-corrected chi connectivity index (χ2v) is 3.52. The highest BCUT2D eigenvalue weighted by Gasteiger charge is 2.09. The van der Waals surface area contributed by atoms with Crippen molar-refractivity contribution in [3.8, 4) is 0 Å². The van der Waals surface area contributed by atoms with Gasteiger partial charge in [-0.1, -0.05) is 0 Å². The van der Waals surface area contributed by atoms with E-state index in [1.54, 1.807) is 13.2 Å². The molecule has 0 aliphatic rings. The van der Waals surface area contributed by atoms with Crippen molar-refractivity contribution in [2.24, 2.45) is 7.05 Å². The Morgan fingerprint density at radius 1 is 1.25 bits per heavy atom. The Kier molecular flexibility index (Phi) is 1.73. The van der Waals surface area contributed by atoms with Gasteiger partial charge < -0.3 is 0 Å². The molecule has 3 heterocycles. The van der Waals surface area contributed by atoms with E-state index in [0.29, 0.717) is 16.6 Å². The molecule has 0 spiro atoms. The van der Waals surface area contributed by atoms with Crippen LogP contribution in [0.15, 0.2) is 35.6 Å². The van der Waals surface area contributed by atoms with E-state index in [-0.39, 0.29) is 5.56 Å². The zero-order valence-electron chi connectivity index (χ0n) is 8.58. The monoisotopic (exact) mass is 212 g/mol. The fourth-order valence-electron chi connectivity index (χ4n) is 1.83. The fourth-order valence-corrected chi connectivity index (χ4v) is 1.83. The first-order chi connectivity index (χ1) is 7.79. The van der Waals surface area contributed by atoms with Gasteiger partial charge in [-0.15, -0.1) is 0 Å². The van der Waals surface area contributed by atoms with Crippen molar-refractivity contribution in [3.63, 3.8) is 0 Å². The fraction of sp³-hybridized carbons (Fsp3) is 0.0909. The van der Waals surface area contributed by atoms with Crippen LogP contribution in [-0.2, 0) is 7.05 Å². The number of aryl methyl sites for hydroxylation is 1. The molecule has 0 aromatic carbocycles. The molecule has 5 heteroatoms. The van der Waals surface area contributed by atoms with Gasteiger partial charge >= 0.3 is 0 Å². The van der Waals surface area contributed by atoms with Gasteiger partial charge in [-0.2, -0.15) is 0 Å². The number of hydrogen-bond acceptors (Lipinski definition) is 4. The summed E-state index contributed by atoms with van der Waals surface area (Å²) in [6.07, 6.45) is 4.64. The highest BCUT2D eigenvalue weighted by molar-refractivity contribution is 6.01. The lowest BCUT2D eigenvalue weighted by molar-refractivity contribution is 0.897. The van der Waals surface area contributed by atoms with Gasteiger partial charge in [-0.05, 0) is 12.1 Å². The Bertz CT molecular complexity index is 748. The molecular weight excluding hydrogens is 204 g/mol. The summed E-state index contributed by atoms with van der Waals surface area (Å²) >= 11 is 0. The molecule has 0 bridgehead atoms. The summed E-state index contributed by atoms with van der Waals surface area (Å²) in [5.74, 6) is 0. The van der Waals surface area contributed by atoms with Gasteiger partial charge in [0, 0.05) is 24.8 Å². The molecular formula is C11H8N4O. The highest BCUT2D eigenvalue weighted by Crippen LogP contribution is 2.16. The van der Waals surface area contributed by atoms with E-state index in [4.69, 9.17) is 0 Å². The number of hydrogen-bond donors (Lipinski definition) is 0. The van der Waals surface area contributed by atoms with Gasteiger partial charge in [0.1, 0.15) is 12.0 Å². The summed E-state index contributed by atoms with van der Waals surface area (Å²) in [7, 11) is 1.70. The van der Waals surface area contributed by atoms with E-state index in [1.807, 2.05) is 12.1 Å². The molecule has 0 aliphatic carbocycles. The number of nitrogens with zero attached hydrogens (tertiary/aromatic N) is 4. The average molecular weight is 212 g/mol. The van der Waals surface area contributed by atoms with Crippen LogP contribution >= 0.6 is 0 Å². The maximum absolute atomic E-state index is 12.0. The van der Waals surface area contributed by atoms with Gasteiger partial charge in [0.25, 0.3) is 5.56 Å². The standard InChI is InChI=1S/C11H8N4O/c1-15-10-7(3-2-4-13-10)9-8(11(15)16)5-12-6-14-9/h2-6H,1H3. The lowest BCUT2D eigenvalue weighted by Gasteiger charge is -2.05. The van der Waals surface area contributed by atoms with Crippen molar-refractivity contribution in [1.29, 1.82) is 0 Å². The molecule has 3 rings (SSSR count). The third-order valence-corrected chi connectivity index (χ3v) is 2.61. The molecule has 0 amide bonds. The van der Waals surface area contributed by atoms with Crippen LogP contribution in [0.25, 0.3) is 21.9 Å². The van der Waals surface area contributed by atoms with Crippen LogP contribution in [0.4, 0.5) is 0 Å². The maximum atomic E-state index is 12.0. The van der Waals surface area contributed by atoms with E-state index in [0.717, 1.165) is 5.39 Å². The molecule has 0 radical (unpaired) electrons. The van der Waals surface area contributed by atoms with E-state index >= 15 is 0 Å². The zero-order chi connectivity index (χ0) is 11.1. The van der Waals surface area contributed by atoms with E-state index in [1.165, 1.54) is 17.1 Å². The summed E-state index contributed by atoms with van der Waals surface area (Å²) in [6.45, 7) is 0. The lowest BCUT2D eigenvalue weighted by Crippen LogP contribution is -2.18. The van der Waals surface area contributed by atoms with Crippen LogP contribution in [0.5, 0.6) is 0 Å². The smallest absolute Gasteiger partial charge is 0.262 e. The first kappa shape index (κ1) is 8.96. The first-order valence-corrected chi connectivity index (χ1v) is 4.82. The largest absolute Gasteiger partial charge is 0.295 e. The van der Waals surface area contributed by atoms with Gasteiger partial charge in [0.05, 0.1) is 10.9 Å². The van der Waals surface area contributed by atoms with Crippen molar-refractivity contribution in [2.45, 2.75) is 0 Å². The van der Waals surface area contributed by atoms with Gasteiger partial charge in [0.2, 0.25) is 0 Å². The van der Waals surface area contributed by atoms with Crippen LogP contribution in [0.3, 0.4) is 0 Å². The van der Waals surface area contributed by atoms with Crippen molar-refractivity contribution in [3.05, 3.63) is 41.2 Å². The van der Waals surface area contributed by atoms with Crippen LogP contribution in [0, 0.1) is 0 Å². The summed E-state index contributed by atoms with van der Waals surface area (Å²) in [5, 5.41) is 1.38. The lowest BCUT2D eigenvalue weighted by atomic mass is 10.2. The molecule has 0 unspecified atom stereocenters. The molecule has 0 atom stereocenters. The molecule has 0 saturated heterocycles. The Hall–Kier alpha value is -2.30. The van der Waals surface area contributed by atoms with Crippen LogP contribution in [0.2, 0.25) is 0 Å². The minimum atomic E-state index is -0.123. The summed E-state index contributed by atoms with van der Waals surface area (Å²) in [5.41, 5.74) is 1.17. The molecule has 0 saturated carbocycles. The molecule has 16 heavy (non-hydrogen) atoms. The van der Waals surface area contributed by atoms with Crippen molar-refractivity contribution >= 4 is 21.9 Å². The normalized spacial score (nSPS) is 11.1. The van der Waals surface area contributed by atoms with Crippen LogP contribution < -0.4 is 5.56 Å². The van der Waals surface area contributed by atoms with Crippen LogP contribution in [0.1, 0.15) is 0 Å². The van der Waals surface area contributed by atoms with Crippen LogP contribution in [-0.4, -0.2) is 19.5 Å². The summed E-state index contributed by atoms with van der Waals surface area (Å²) in [4.78, 5) is 24.2. The molecule has 0 fully saturated rings. The van der Waals surface area contributed by atoms with E-state index in [9.17, 15) is 4.79 Å². The Balaban J connectivity index is 2.74. The third kappa shape index (κ3) is 1.05. The predicted molar refractivity (Wildman–Crippen MR) is 60.1 cm³/mol. The van der Waals surface area contributed by atoms with Crippen molar-refractivity contribution < 1.29 is 0 Å². The SMILES string of the molecule is Cn1c(=O)c2cncnc2c2cccnc21. The first-order valence-electron chi connectivity index (χ1n) is 4.82. The maximum Gasteiger partial charge on any atom is 0.262 e. The Morgan fingerprint density at radius 2 is 2.12 bits per heavy atom. The van der Waals surface area contributed by atoms with Crippen molar-refractivity contribution in [1.82, 2.24) is 19.5 Å². The topological polar surface area (TPSA) is 60.7 Å². The second-order valence-electron chi connectivity index (χ2n) is 3.52. The minimum Gasteiger partial charge on any atom is -0.295 e. The number of pyridine rings is 2. The van der Waals surface area contributed by atoms with Gasteiger partial charge in [0.15, 0.2) is 0 Å². The summed E-state index contributed by atoms with van der Waals surface area (Å²) < 4.78 is 1.51. The minimum absolute atomic E-state index is 0.123. The quantitative estimate of drug-likeness (QED) is 0.519. The molecule has 3 aromatic rings. The number of fused-ring (bicyclic) bond motifs is 3. The second kappa shape index (κ2) is 3.10. The molecule has 0 N–H and O–H groups in total. The molecule has 78 valence electrons. The van der Waals surface area contributed by atoms with Gasteiger partial charge in [-0.25, -0.2) is 15.0 Å². The Morgan fingerprint density at radius 3 is 3.00 bits per heavy atom. The van der Waals surface area contributed by atoms with E-state index < -0.39 is 0 Å². The number of aromatic nitrogens is 4. The summed E-state index contributed by atoms with van der Waals surface area (Å²) in [6, 6.07) is 3.73. The number of rotatable bonds is 0.